The van der Waals surface area contributed by atoms with Gasteiger partial charge in [-0.15, -0.1) is 0 Å². The fourth-order valence-electron chi connectivity index (χ4n) is 2.25. The van der Waals surface area contributed by atoms with E-state index in [1.54, 1.807) is 30.3 Å². The Morgan fingerprint density at radius 3 is 2.20 bits per heavy atom. The van der Waals surface area contributed by atoms with Crippen LogP contribution in [0.1, 0.15) is 35.3 Å². The minimum atomic E-state index is -0.701. The first-order valence-electron chi connectivity index (χ1n) is 7.95. The van der Waals surface area contributed by atoms with E-state index in [-0.39, 0.29) is 11.8 Å². The molecule has 128 valence electrons. The average Bonchev–Trinajstić information content (AvgIpc) is 2.58. The maximum absolute atomic E-state index is 12.2. The second kappa shape index (κ2) is 8.02. The summed E-state index contributed by atoms with van der Waals surface area (Å²) in [6.07, 6.45) is 0. The number of anilines is 1. The van der Waals surface area contributed by atoms with E-state index < -0.39 is 11.9 Å². The molecule has 0 heterocycles. The standard InChI is InChI=1S/C20H21N3O2/c1-13(2)18(19(22)24)23-20(25)16-11-8-14(9-12-16)7-10-15-5-3-4-6-17(15)21/h3-6,8-9,11-13,18H,21H2,1-2H3,(H2,22,24)(H,23,25). The monoisotopic (exact) mass is 335 g/mol. The van der Waals surface area contributed by atoms with E-state index in [2.05, 4.69) is 17.2 Å². The van der Waals surface area contributed by atoms with Crippen LogP contribution in [0.2, 0.25) is 0 Å². The molecular formula is C20H21N3O2. The molecule has 0 bridgehead atoms. The van der Waals surface area contributed by atoms with Gasteiger partial charge in [0.05, 0.1) is 0 Å². The highest BCUT2D eigenvalue weighted by molar-refractivity contribution is 5.97. The van der Waals surface area contributed by atoms with Crippen LogP contribution < -0.4 is 16.8 Å². The molecule has 0 fully saturated rings. The Morgan fingerprint density at radius 2 is 1.64 bits per heavy atom. The van der Waals surface area contributed by atoms with Gasteiger partial charge in [-0.3, -0.25) is 9.59 Å². The predicted molar refractivity (Wildman–Crippen MR) is 98.6 cm³/mol. The van der Waals surface area contributed by atoms with E-state index in [0.29, 0.717) is 11.3 Å². The number of hydrogen-bond donors (Lipinski definition) is 3. The van der Waals surface area contributed by atoms with Crippen molar-refractivity contribution in [1.82, 2.24) is 5.32 Å². The summed E-state index contributed by atoms with van der Waals surface area (Å²) in [5.41, 5.74) is 13.7. The van der Waals surface area contributed by atoms with Gasteiger partial charge in [0, 0.05) is 22.4 Å². The van der Waals surface area contributed by atoms with Gasteiger partial charge in [-0.1, -0.05) is 37.8 Å². The van der Waals surface area contributed by atoms with Gasteiger partial charge < -0.3 is 16.8 Å². The minimum absolute atomic E-state index is 0.0806. The summed E-state index contributed by atoms with van der Waals surface area (Å²) in [5.74, 6) is 5.04. The van der Waals surface area contributed by atoms with Gasteiger partial charge in [0.25, 0.3) is 5.91 Å². The van der Waals surface area contributed by atoms with Gasteiger partial charge in [0.2, 0.25) is 5.91 Å². The van der Waals surface area contributed by atoms with Crippen molar-refractivity contribution in [2.45, 2.75) is 19.9 Å². The Morgan fingerprint density at radius 1 is 1.00 bits per heavy atom. The summed E-state index contributed by atoms with van der Waals surface area (Å²) in [6, 6.07) is 13.5. The smallest absolute Gasteiger partial charge is 0.251 e. The normalized spacial score (nSPS) is 11.3. The van der Waals surface area contributed by atoms with E-state index in [0.717, 1.165) is 11.1 Å². The number of primary amides is 1. The van der Waals surface area contributed by atoms with Gasteiger partial charge in [0.1, 0.15) is 6.04 Å². The Labute approximate surface area is 147 Å². The Bertz CT molecular complexity index is 830. The van der Waals surface area contributed by atoms with E-state index in [1.807, 2.05) is 32.0 Å². The van der Waals surface area contributed by atoms with Crippen molar-refractivity contribution < 1.29 is 9.59 Å². The molecule has 2 aromatic carbocycles. The number of carbonyl (C=O) groups excluding carboxylic acids is 2. The van der Waals surface area contributed by atoms with Gasteiger partial charge in [-0.05, 0) is 42.3 Å². The van der Waals surface area contributed by atoms with Crippen LogP contribution in [0.25, 0.3) is 0 Å². The number of benzene rings is 2. The summed E-state index contributed by atoms with van der Waals surface area (Å²) in [7, 11) is 0. The lowest BCUT2D eigenvalue weighted by molar-refractivity contribution is -0.120. The molecule has 0 saturated carbocycles. The van der Waals surface area contributed by atoms with Gasteiger partial charge in [-0.2, -0.15) is 0 Å². The maximum Gasteiger partial charge on any atom is 0.251 e. The van der Waals surface area contributed by atoms with Crippen molar-refractivity contribution in [2.24, 2.45) is 11.7 Å². The summed E-state index contributed by atoms with van der Waals surface area (Å²) < 4.78 is 0. The summed E-state index contributed by atoms with van der Waals surface area (Å²) >= 11 is 0. The van der Waals surface area contributed by atoms with Crippen LogP contribution >= 0.6 is 0 Å². The zero-order chi connectivity index (χ0) is 18.4. The second-order valence-electron chi connectivity index (χ2n) is 6.01. The van der Waals surface area contributed by atoms with Crippen LogP contribution in [0.5, 0.6) is 0 Å². The summed E-state index contributed by atoms with van der Waals surface area (Å²) in [5, 5.41) is 2.65. The lowest BCUT2D eigenvalue weighted by atomic mass is 10.0. The molecule has 1 unspecified atom stereocenters. The second-order valence-corrected chi connectivity index (χ2v) is 6.01. The van der Waals surface area contributed by atoms with E-state index in [9.17, 15) is 9.59 Å². The molecule has 0 radical (unpaired) electrons. The van der Waals surface area contributed by atoms with Crippen LogP contribution in [-0.4, -0.2) is 17.9 Å². The van der Waals surface area contributed by atoms with Crippen molar-refractivity contribution in [2.75, 3.05) is 5.73 Å². The molecule has 5 nitrogen and oxygen atoms in total. The van der Waals surface area contributed by atoms with Crippen molar-refractivity contribution in [3.8, 4) is 11.8 Å². The number of amides is 2. The molecule has 5 heteroatoms. The zero-order valence-corrected chi connectivity index (χ0v) is 14.2. The third-order valence-electron chi connectivity index (χ3n) is 3.71. The van der Waals surface area contributed by atoms with Crippen molar-refractivity contribution in [3.63, 3.8) is 0 Å². The Balaban J connectivity index is 2.11. The molecule has 2 aromatic rings. The van der Waals surface area contributed by atoms with E-state index >= 15 is 0 Å². The molecule has 1 atom stereocenters. The fourth-order valence-corrected chi connectivity index (χ4v) is 2.25. The van der Waals surface area contributed by atoms with Crippen LogP contribution in [-0.2, 0) is 4.79 Å². The van der Waals surface area contributed by atoms with Gasteiger partial charge >= 0.3 is 0 Å². The molecule has 5 N–H and O–H groups in total. The van der Waals surface area contributed by atoms with Gasteiger partial charge in [-0.25, -0.2) is 0 Å². The molecule has 0 aliphatic rings. The number of nitrogens with one attached hydrogen (secondary N) is 1. The molecule has 0 aliphatic heterocycles. The summed E-state index contributed by atoms with van der Waals surface area (Å²) in [4.78, 5) is 23.6. The van der Waals surface area contributed by atoms with Crippen molar-refractivity contribution in [3.05, 3.63) is 65.2 Å². The molecular weight excluding hydrogens is 314 g/mol. The number of carbonyl (C=O) groups is 2. The molecule has 2 amide bonds. The van der Waals surface area contributed by atoms with Crippen LogP contribution in [0.3, 0.4) is 0 Å². The zero-order valence-electron chi connectivity index (χ0n) is 14.2. The van der Waals surface area contributed by atoms with Gasteiger partial charge in [0.15, 0.2) is 0 Å². The molecule has 0 aromatic heterocycles. The third kappa shape index (κ3) is 4.85. The van der Waals surface area contributed by atoms with Crippen molar-refractivity contribution in [1.29, 1.82) is 0 Å². The number of nitrogens with two attached hydrogens (primary N) is 2. The first-order chi connectivity index (χ1) is 11.9. The maximum atomic E-state index is 12.2. The topological polar surface area (TPSA) is 98.2 Å². The van der Waals surface area contributed by atoms with Crippen LogP contribution in [0.15, 0.2) is 48.5 Å². The predicted octanol–water partition coefficient (Wildman–Crippen LogP) is 1.91. The Kier molecular flexibility index (Phi) is 5.80. The number of hydrogen-bond acceptors (Lipinski definition) is 3. The molecule has 2 rings (SSSR count). The highest BCUT2D eigenvalue weighted by atomic mass is 16.2. The highest BCUT2D eigenvalue weighted by Gasteiger charge is 2.22. The van der Waals surface area contributed by atoms with Crippen LogP contribution in [0.4, 0.5) is 5.69 Å². The third-order valence-corrected chi connectivity index (χ3v) is 3.71. The van der Waals surface area contributed by atoms with E-state index in [4.69, 9.17) is 11.5 Å². The first kappa shape index (κ1) is 18.1. The average molecular weight is 335 g/mol. The molecule has 25 heavy (non-hydrogen) atoms. The Hall–Kier alpha value is -3.26. The van der Waals surface area contributed by atoms with Crippen LogP contribution in [0, 0.1) is 17.8 Å². The number of nitrogen functional groups attached to an aromatic ring is 1. The number of rotatable bonds is 4. The lowest BCUT2D eigenvalue weighted by Crippen LogP contribution is -2.47. The van der Waals surface area contributed by atoms with Crippen molar-refractivity contribution >= 4 is 17.5 Å². The summed E-state index contributed by atoms with van der Waals surface area (Å²) in [6.45, 7) is 3.65. The quantitative estimate of drug-likeness (QED) is 0.588. The molecule has 0 saturated heterocycles. The molecule has 0 spiro atoms. The van der Waals surface area contributed by atoms with E-state index in [1.165, 1.54) is 0 Å². The first-order valence-corrected chi connectivity index (χ1v) is 7.95. The SMILES string of the molecule is CC(C)C(NC(=O)c1ccc(C#Cc2ccccc2N)cc1)C(N)=O. The molecule has 0 aliphatic carbocycles. The largest absolute Gasteiger partial charge is 0.398 e. The lowest BCUT2D eigenvalue weighted by Gasteiger charge is -2.18. The highest BCUT2D eigenvalue weighted by Crippen LogP contribution is 2.10. The number of para-hydroxylation sites is 1. The minimum Gasteiger partial charge on any atom is -0.398 e. The fraction of sp³-hybridized carbons (Fsp3) is 0.200.